The first-order valence-electron chi connectivity index (χ1n) is 6.78. The molecule has 0 aliphatic heterocycles. The van der Waals surface area contributed by atoms with Crippen LogP contribution in [0.3, 0.4) is 0 Å². The van der Waals surface area contributed by atoms with Gasteiger partial charge in [-0.25, -0.2) is 8.42 Å². The number of benzene rings is 1. The van der Waals surface area contributed by atoms with Crippen LogP contribution in [0.5, 0.6) is 0 Å². The molecule has 1 aromatic heterocycles. The van der Waals surface area contributed by atoms with Crippen LogP contribution >= 0.6 is 0 Å². The molecule has 0 aliphatic carbocycles. The largest absolute Gasteiger partial charge is 0.314 e. The first-order valence-corrected chi connectivity index (χ1v) is 8.27. The maximum Gasteiger partial charge on any atom is 0.265 e. The highest BCUT2D eigenvalue weighted by Gasteiger charge is 2.24. The summed E-state index contributed by atoms with van der Waals surface area (Å²) in [5, 5.41) is 9.70. The number of aromatic nitrogens is 2. The van der Waals surface area contributed by atoms with Crippen LogP contribution in [0.1, 0.15) is 23.9 Å². The Morgan fingerprint density at radius 3 is 2.67 bits per heavy atom. The molecule has 0 saturated carbocycles. The van der Waals surface area contributed by atoms with Gasteiger partial charge >= 0.3 is 0 Å². The highest BCUT2D eigenvalue weighted by atomic mass is 32.2. The summed E-state index contributed by atoms with van der Waals surface area (Å²) < 4.78 is 28.0. The number of sulfonamides is 1. The maximum atomic E-state index is 12.6. The molecule has 7 heteroatoms. The van der Waals surface area contributed by atoms with Crippen molar-refractivity contribution in [2.24, 2.45) is 0 Å². The van der Waals surface area contributed by atoms with Gasteiger partial charge in [0.05, 0.1) is 17.1 Å². The molecular weight excluding hydrogens is 288 g/mol. The van der Waals surface area contributed by atoms with Crippen molar-refractivity contribution in [3.8, 4) is 0 Å². The van der Waals surface area contributed by atoms with Gasteiger partial charge in [0, 0.05) is 6.54 Å². The molecule has 0 bridgehead atoms. The van der Waals surface area contributed by atoms with E-state index in [1.807, 2.05) is 25.1 Å². The molecule has 0 fully saturated rings. The van der Waals surface area contributed by atoms with Crippen LogP contribution < -0.4 is 10.0 Å². The maximum absolute atomic E-state index is 12.6. The van der Waals surface area contributed by atoms with Crippen LogP contribution in [0.4, 0.5) is 5.69 Å². The zero-order valence-corrected chi connectivity index (χ0v) is 13.2. The first-order chi connectivity index (χ1) is 9.99. The summed E-state index contributed by atoms with van der Waals surface area (Å²) in [7, 11) is -1.92. The van der Waals surface area contributed by atoms with Gasteiger partial charge in [0.1, 0.15) is 4.90 Å². The number of para-hydroxylation sites is 1. The molecule has 0 unspecified atom stereocenters. The zero-order valence-electron chi connectivity index (χ0n) is 12.4. The van der Waals surface area contributed by atoms with E-state index in [0.717, 1.165) is 12.0 Å². The molecular formula is C14H20N4O2S. The average molecular weight is 308 g/mol. The minimum absolute atomic E-state index is 0.211. The Hall–Kier alpha value is -1.86. The lowest BCUT2D eigenvalue weighted by Crippen LogP contribution is -2.18. The Bertz CT molecular complexity index is 722. The SMILES string of the molecule is CCc1ccccc1NS(=O)(=O)c1c(CNC)n[nH]c1C. The molecule has 114 valence electrons. The minimum Gasteiger partial charge on any atom is -0.314 e. The average Bonchev–Trinajstić information content (AvgIpc) is 2.81. The Labute approximate surface area is 125 Å². The molecule has 2 rings (SSSR count). The smallest absolute Gasteiger partial charge is 0.265 e. The van der Waals surface area contributed by atoms with E-state index in [1.165, 1.54) is 0 Å². The number of hydrogen-bond donors (Lipinski definition) is 3. The molecule has 0 radical (unpaired) electrons. The Morgan fingerprint density at radius 2 is 2.00 bits per heavy atom. The Kier molecular flexibility index (Phi) is 4.64. The van der Waals surface area contributed by atoms with E-state index in [0.29, 0.717) is 23.6 Å². The number of rotatable bonds is 6. The predicted octanol–water partition coefficient (Wildman–Crippen LogP) is 1.80. The molecule has 0 atom stereocenters. The molecule has 0 saturated heterocycles. The molecule has 1 aromatic carbocycles. The van der Waals surface area contributed by atoms with E-state index in [1.54, 1.807) is 20.0 Å². The number of nitrogens with zero attached hydrogens (tertiary/aromatic N) is 1. The van der Waals surface area contributed by atoms with Crippen LogP contribution in [0, 0.1) is 6.92 Å². The summed E-state index contributed by atoms with van der Waals surface area (Å²) in [6, 6.07) is 7.39. The van der Waals surface area contributed by atoms with Crippen molar-refractivity contribution in [3.63, 3.8) is 0 Å². The standard InChI is InChI=1S/C14H20N4O2S/c1-4-11-7-5-6-8-12(11)18-21(19,20)14-10(2)16-17-13(14)9-15-3/h5-8,15,18H,4,9H2,1-3H3,(H,16,17). The first kappa shape index (κ1) is 15.5. The van der Waals surface area contributed by atoms with Crippen molar-refractivity contribution in [2.75, 3.05) is 11.8 Å². The van der Waals surface area contributed by atoms with Crippen molar-refractivity contribution in [3.05, 3.63) is 41.2 Å². The van der Waals surface area contributed by atoms with Crippen LogP contribution in [0.2, 0.25) is 0 Å². The van der Waals surface area contributed by atoms with Gasteiger partial charge in [-0.2, -0.15) is 5.10 Å². The molecule has 3 N–H and O–H groups in total. The molecule has 0 amide bonds. The van der Waals surface area contributed by atoms with Crippen LogP contribution in [-0.2, 0) is 23.0 Å². The highest BCUT2D eigenvalue weighted by Crippen LogP contribution is 2.23. The summed E-state index contributed by atoms with van der Waals surface area (Å²) in [6.45, 7) is 4.07. The number of aromatic amines is 1. The summed E-state index contributed by atoms with van der Waals surface area (Å²) >= 11 is 0. The summed E-state index contributed by atoms with van der Waals surface area (Å²) in [4.78, 5) is 0.211. The molecule has 0 aliphatic rings. The molecule has 2 aromatic rings. The lowest BCUT2D eigenvalue weighted by molar-refractivity contribution is 0.598. The second kappa shape index (κ2) is 6.28. The highest BCUT2D eigenvalue weighted by molar-refractivity contribution is 7.92. The molecule has 0 spiro atoms. The van der Waals surface area contributed by atoms with Gasteiger partial charge in [0.15, 0.2) is 0 Å². The predicted molar refractivity (Wildman–Crippen MR) is 82.7 cm³/mol. The zero-order chi connectivity index (χ0) is 15.5. The van der Waals surface area contributed by atoms with Gasteiger partial charge in [-0.05, 0) is 32.0 Å². The van der Waals surface area contributed by atoms with Crippen molar-refractivity contribution in [2.45, 2.75) is 31.7 Å². The van der Waals surface area contributed by atoms with Crippen molar-refractivity contribution < 1.29 is 8.42 Å². The van der Waals surface area contributed by atoms with Gasteiger partial charge in [0.25, 0.3) is 10.0 Å². The molecule has 21 heavy (non-hydrogen) atoms. The van der Waals surface area contributed by atoms with Crippen molar-refractivity contribution in [1.29, 1.82) is 0 Å². The van der Waals surface area contributed by atoms with E-state index in [-0.39, 0.29) is 4.90 Å². The van der Waals surface area contributed by atoms with Crippen LogP contribution in [-0.4, -0.2) is 25.7 Å². The van der Waals surface area contributed by atoms with Gasteiger partial charge < -0.3 is 5.32 Å². The normalized spacial score (nSPS) is 11.6. The number of H-pyrrole nitrogens is 1. The minimum atomic E-state index is -3.67. The third-order valence-corrected chi connectivity index (χ3v) is 4.78. The second-order valence-corrected chi connectivity index (χ2v) is 6.39. The van der Waals surface area contributed by atoms with Gasteiger partial charge in [-0.15, -0.1) is 0 Å². The van der Waals surface area contributed by atoms with Gasteiger partial charge in [0.2, 0.25) is 0 Å². The fourth-order valence-corrected chi connectivity index (χ4v) is 3.70. The number of nitrogens with one attached hydrogen (secondary N) is 3. The third kappa shape index (κ3) is 3.25. The quantitative estimate of drug-likeness (QED) is 0.759. The van der Waals surface area contributed by atoms with Gasteiger partial charge in [-0.3, -0.25) is 9.82 Å². The van der Waals surface area contributed by atoms with E-state index in [9.17, 15) is 8.42 Å². The Morgan fingerprint density at radius 1 is 1.29 bits per heavy atom. The van der Waals surface area contributed by atoms with Crippen LogP contribution in [0.25, 0.3) is 0 Å². The van der Waals surface area contributed by atoms with E-state index in [4.69, 9.17) is 0 Å². The topological polar surface area (TPSA) is 86.9 Å². The second-order valence-electron chi connectivity index (χ2n) is 4.77. The van der Waals surface area contributed by atoms with E-state index in [2.05, 4.69) is 20.2 Å². The van der Waals surface area contributed by atoms with E-state index >= 15 is 0 Å². The third-order valence-electron chi connectivity index (χ3n) is 3.22. The number of aryl methyl sites for hydroxylation is 2. The fraction of sp³-hybridized carbons (Fsp3) is 0.357. The van der Waals surface area contributed by atoms with Crippen molar-refractivity contribution in [1.82, 2.24) is 15.5 Å². The molecule has 6 nitrogen and oxygen atoms in total. The summed E-state index contributed by atoms with van der Waals surface area (Å²) in [5.74, 6) is 0. The lowest BCUT2D eigenvalue weighted by atomic mass is 10.1. The van der Waals surface area contributed by atoms with E-state index < -0.39 is 10.0 Å². The summed E-state index contributed by atoms with van der Waals surface area (Å²) in [6.07, 6.45) is 0.756. The van der Waals surface area contributed by atoms with Gasteiger partial charge in [-0.1, -0.05) is 25.1 Å². The lowest BCUT2D eigenvalue weighted by Gasteiger charge is -2.12. The monoisotopic (exact) mass is 308 g/mol. The number of hydrogen-bond acceptors (Lipinski definition) is 4. The number of anilines is 1. The fourth-order valence-electron chi connectivity index (χ4n) is 2.24. The Balaban J connectivity index is 2.41. The van der Waals surface area contributed by atoms with Crippen molar-refractivity contribution >= 4 is 15.7 Å². The van der Waals surface area contributed by atoms with Crippen LogP contribution in [0.15, 0.2) is 29.2 Å². The summed E-state index contributed by atoms with van der Waals surface area (Å²) in [5.41, 5.74) is 2.58. The molecule has 1 heterocycles.